The molecule has 0 saturated carbocycles. The number of hydrogen-bond acceptors (Lipinski definition) is 9. The van der Waals surface area contributed by atoms with Gasteiger partial charge in [-0.1, -0.05) is 30.3 Å². The maximum Gasteiger partial charge on any atom is 0.225 e. The van der Waals surface area contributed by atoms with Crippen LogP contribution in [0.15, 0.2) is 54.9 Å². The third-order valence-corrected chi connectivity index (χ3v) is 6.11. The molecule has 0 spiro atoms. The van der Waals surface area contributed by atoms with Gasteiger partial charge in [-0.2, -0.15) is 0 Å². The van der Waals surface area contributed by atoms with E-state index in [0.29, 0.717) is 0 Å². The SMILES string of the molecule is c1ccc(-c2cc(NCCN3CCOCC3)c(N3CCN(c4ncccn4)CC3)nn2)cc1. The molecule has 33 heavy (non-hydrogen) atoms. The van der Waals surface area contributed by atoms with Crippen LogP contribution in [0.4, 0.5) is 17.5 Å². The van der Waals surface area contributed by atoms with Crippen LogP contribution in [0.3, 0.4) is 0 Å². The van der Waals surface area contributed by atoms with Gasteiger partial charge in [-0.25, -0.2) is 9.97 Å². The molecule has 0 amide bonds. The number of piperazine rings is 1. The van der Waals surface area contributed by atoms with Crippen molar-refractivity contribution in [1.82, 2.24) is 25.1 Å². The summed E-state index contributed by atoms with van der Waals surface area (Å²) in [6.07, 6.45) is 3.58. The van der Waals surface area contributed by atoms with Crippen LogP contribution < -0.4 is 15.1 Å². The van der Waals surface area contributed by atoms with Gasteiger partial charge in [-0.15, -0.1) is 10.2 Å². The van der Waals surface area contributed by atoms with Gasteiger partial charge in [0.05, 0.1) is 24.6 Å². The number of ether oxygens (including phenoxy) is 1. The van der Waals surface area contributed by atoms with Gasteiger partial charge in [0.2, 0.25) is 5.95 Å². The molecular weight excluding hydrogens is 416 g/mol. The summed E-state index contributed by atoms with van der Waals surface area (Å²) >= 11 is 0. The number of nitrogens with zero attached hydrogens (tertiary/aromatic N) is 7. The van der Waals surface area contributed by atoms with Crippen molar-refractivity contribution in [2.24, 2.45) is 0 Å². The Labute approximate surface area is 194 Å². The minimum Gasteiger partial charge on any atom is -0.381 e. The van der Waals surface area contributed by atoms with Crippen molar-refractivity contribution in [3.8, 4) is 11.3 Å². The van der Waals surface area contributed by atoms with Gasteiger partial charge < -0.3 is 19.9 Å². The maximum absolute atomic E-state index is 5.47. The lowest BCUT2D eigenvalue weighted by molar-refractivity contribution is 0.0398. The highest BCUT2D eigenvalue weighted by Crippen LogP contribution is 2.28. The normalized spacial score (nSPS) is 17.2. The van der Waals surface area contributed by atoms with Crippen molar-refractivity contribution in [2.75, 3.05) is 80.7 Å². The Kier molecular flexibility index (Phi) is 6.88. The van der Waals surface area contributed by atoms with Gasteiger partial charge in [0.15, 0.2) is 5.82 Å². The highest BCUT2D eigenvalue weighted by Gasteiger charge is 2.23. The first-order valence-corrected chi connectivity index (χ1v) is 11.6. The molecule has 1 N–H and O–H groups in total. The standard InChI is InChI=1S/C24H30N8O/c1-2-5-20(6-3-1)21-19-22(25-9-10-30-15-17-33-18-16-30)23(29-28-21)31-11-13-32(14-12-31)24-26-7-4-8-27-24/h1-8,19H,9-18H2,(H,25,28). The molecule has 5 rings (SSSR count). The smallest absolute Gasteiger partial charge is 0.225 e. The molecular formula is C24H30N8O. The van der Waals surface area contributed by atoms with E-state index in [2.05, 4.69) is 58.4 Å². The van der Waals surface area contributed by atoms with Crippen LogP contribution in [0.5, 0.6) is 0 Å². The first kappa shape index (κ1) is 21.5. The lowest BCUT2D eigenvalue weighted by Crippen LogP contribution is -2.47. The highest BCUT2D eigenvalue weighted by atomic mass is 16.5. The lowest BCUT2D eigenvalue weighted by Gasteiger charge is -2.36. The fourth-order valence-electron chi connectivity index (χ4n) is 4.25. The minimum absolute atomic E-state index is 0.784. The molecule has 0 bridgehead atoms. The van der Waals surface area contributed by atoms with E-state index in [1.807, 2.05) is 24.3 Å². The third-order valence-electron chi connectivity index (χ3n) is 6.11. The average Bonchev–Trinajstić information content (AvgIpc) is 2.90. The molecule has 2 saturated heterocycles. The van der Waals surface area contributed by atoms with Gasteiger partial charge in [0.25, 0.3) is 0 Å². The van der Waals surface area contributed by atoms with Crippen LogP contribution in [-0.4, -0.2) is 90.6 Å². The van der Waals surface area contributed by atoms with Gasteiger partial charge in [-0.3, -0.25) is 4.90 Å². The molecule has 4 heterocycles. The zero-order chi connectivity index (χ0) is 22.3. The molecule has 0 radical (unpaired) electrons. The van der Waals surface area contributed by atoms with E-state index in [4.69, 9.17) is 4.74 Å². The topological polar surface area (TPSA) is 82.5 Å². The number of benzene rings is 1. The summed E-state index contributed by atoms with van der Waals surface area (Å²) in [4.78, 5) is 15.7. The van der Waals surface area contributed by atoms with Crippen molar-refractivity contribution >= 4 is 17.5 Å². The number of aromatic nitrogens is 4. The molecule has 0 unspecified atom stereocenters. The second-order valence-electron chi connectivity index (χ2n) is 8.24. The average molecular weight is 447 g/mol. The number of hydrogen-bond donors (Lipinski definition) is 1. The summed E-state index contributed by atoms with van der Waals surface area (Å²) in [6, 6.07) is 14.2. The molecule has 0 atom stereocenters. The van der Waals surface area contributed by atoms with Crippen LogP contribution in [-0.2, 0) is 4.74 Å². The van der Waals surface area contributed by atoms with E-state index in [1.165, 1.54) is 0 Å². The van der Waals surface area contributed by atoms with Gasteiger partial charge >= 0.3 is 0 Å². The zero-order valence-electron chi connectivity index (χ0n) is 18.8. The fourth-order valence-corrected chi connectivity index (χ4v) is 4.25. The predicted molar refractivity (Wildman–Crippen MR) is 130 cm³/mol. The van der Waals surface area contributed by atoms with Gasteiger partial charge in [0.1, 0.15) is 0 Å². The van der Waals surface area contributed by atoms with Crippen LogP contribution in [0.25, 0.3) is 11.3 Å². The van der Waals surface area contributed by atoms with Crippen LogP contribution in [0.2, 0.25) is 0 Å². The summed E-state index contributed by atoms with van der Waals surface area (Å²) in [5.74, 6) is 1.69. The molecule has 3 aromatic rings. The van der Waals surface area contributed by atoms with E-state index in [0.717, 1.165) is 94.3 Å². The molecule has 1 aromatic carbocycles. The Morgan fingerprint density at radius 1 is 0.818 bits per heavy atom. The van der Waals surface area contributed by atoms with E-state index in [9.17, 15) is 0 Å². The Hall–Kier alpha value is -3.30. The monoisotopic (exact) mass is 446 g/mol. The largest absolute Gasteiger partial charge is 0.381 e. The van der Waals surface area contributed by atoms with Gasteiger partial charge in [-0.05, 0) is 12.1 Å². The molecule has 2 aliphatic rings. The van der Waals surface area contributed by atoms with Crippen molar-refractivity contribution in [1.29, 1.82) is 0 Å². The number of rotatable bonds is 7. The van der Waals surface area contributed by atoms with E-state index >= 15 is 0 Å². The summed E-state index contributed by atoms with van der Waals surface area (Å²) < 4.78 is 5.47. The molecule has 9 nitrogen and oxygen atoms in total. The van der Waals surface area contributed by atoms with Crippen molar-refractivity contribution < 1.29 is 4.74 Å². The van der Waals surface area contributed by atoms with Crippen molar-refractivity contribution in [2.45, 2.75) is 0 Å². The molecule has 9 heteroatoms. The quantitative estimate of drug-likeness (QED) is 0.586. The Morgan fingerprint density at radius 2 is 1.55 bits per heavy atom. The van der Waals surface area contributed by atoms with Crippen molar-refractivity contribution in [3.05, 3.63) is 54.9 Å². The van der Waals surface area contributed by atoms with E-state index in [1.54, 1.807) is 12.4 Å². The number of anilines is 3. The Morgan fingerprint density at radius 3 is 2.30 bits per heavy atom. The molecule has 172 valence electrons. The number of nitrogens with one attached hydrogen (secondary N) is 1. The molecule has 2 fully saturated rings. The maximum atomic E-state index is 5.47. The second-order valence-corrected chi connectivity index (χ2v) is 8.24. The Bertz CT molecular complexity index is 1010. The lowest BCUT2D eigenvalue weighted by atomic mass is 10.1. The summed E-state index contributed by atoms with van der Waals surface area (Å²) in [5.41, 5.74) is 2.98. The third kappa shape index (κ3) is 5.37. The summed E-state index contributed by atoms with van der Waals surface area (Å²) in [7, 11) is 0. The fraction of sp³-hybridized carbons (Fsp3) is 0.417. The zero-order valence-corrected chi connectivity index (χ0v) is 18.8. The Balaban J connectivity index is 1.31. The number of morpholine rings is 1. The predicted octanol–water partition coefficient (Wildman–Crippen LogP) is 2.00. The van der Waals surface area contributed by atoms with E-state index < -0.39 is 0 Å². The second kappa shape index (κ2) is 10.5. The summed E-state index contributed by atoms with van der Waals surface area (Å²) in [5, 5.41) is 12.9. The molecule has 0 aliphatic carbocycles. The van der Waals surface area contributed by atoms with E-state index in [-0.39, 0.29) is 0 Å². The minimum atomic E-state index is 0.784. The first-order valence-electron chi connectivity index (χ1n) is 11.6. The van der Waals surface area contributed by atoms with Crippen LogP contribution in [0, 0.1) is 0 Å². The molecule has 2 aliphatic heterocycles. The molecule has 2 aromatic heterocycles. The summed E-state index contributed by atoms with van der Waals surface area (Å²) in [6.45, 7) is 8.81. The van der Waals surface area contributed by atoms with Crippen LogP contribution >= 0.6 is 0 Å². The van der Waals surface area contributed by atoms with Gasteiger partial charge in [0, 0.05) is 70.3 Å². The van der Waals surface area contributed by atoms with Crippen LogP contribution in [0.1, 0.15) is 0 Å². The van der Waals surface area contributed by atoms with Crippen molar-refractivity contribution in [3.63, 3.8) is 0 Å². The first-order chi connectivity index (χ1) is 16.4. The highest BCUT2D eigenvalue weighted by molar-refractivity contribution is 5.72.